The van der Waals surface area contributed by atoms with Gasteiger partial charge in [-0.05, 0) is 55.1 Å². The number of piperidine rings is 1. The molecule has 0 aliphatic carbocycles. The SMILES string of the molecule is O=C(Cc1cc2cc(-c3cccnc3)ccc2cn1)c1coc(C2CCNCC2)n1. The molecule has 1 aliphatic rings. The first-order chi connectivity index (χ1) is 14.8. The molecule has 0 atom stereocenters. The Morgan fingerprint density at radius 1 is 1.07 bits per heavy atom. The third-order valence-corrected chi connectivity index (χ3v) is 5.61. The van der Waals surface area contributed by atoms with Crippen LogP contribution in [0.2, 0.25) is 0 Å². The molecule has 0 unspecified atom stereocenters. The molecule has 30 heavy (non-hydrogen) atoms. The first-order valence-electron chi connectivity index (χ1n) is 10.2. The normalized spacial score (nSPS) is 14.8. The number of hydrogen-bond acceptors (Lipinski definition) is 6. The highest BCUT2D eigenvalue weighted by Gasteiger charge is 2.22. The summed E-state index contributed by atoms with van der Waals surface area (Å²) in [5, 5.41) is 5.41. The Labute approximate surface area is 174 Å². The third-order valence-electron chi connectivity index (χ3n) is 5.61. The van der Waals surface area contributed by atoms with Crippen molar-refractivity contribution in [1.82, 2.24) is 20.3 Å². The molecule has 1 aromatic carbocycles. The Balaban J connectivity index is 1.36. The van der Waals surface area contributed by atoms with Crippen molar-refractivity contribution in [2.45, 2.75) is 25.2 Å². The van der Waals surface area contributed by atoms with E-state index in [4.69, 9.17) is 4.42 Å². The number of aromatic nitrogens is 3. The highest BCUT2D eigenvalue weighted by Crippen LogP contribution is 2.26. The maximum Gasteiger partial charge on any atom is 0.197 e. The quantitative estimate of drug-likeness (QED) is 0.508. The summed E-state index contributed by atoms with van der Waals surface area (Å²) >= 11 is 0. The van der Waals surface area contributed by atoms with Gasteiger partial charge in [0, 0.05) is 41.2 Å². The Morgan fingerprint density at radius 2 is 1.97 bits per heavy atom. The van der Waals surface area contributed by atoms with Crippen molar-refractivity contribution in [3.05, 3.63) is 78.5 Å². The molecular formula is C24H22N4O2. The number of nitrogens with zero attached hydrogens (tertiary/aromatic N) is 3. The fourth-order valence-electron chi connectivity index (χ4n) is 3.92. The van der Waals surface area contributed by atoms with E-state index in [1.165, 1.54) is 6.26 Å². The molecule has 150 valence electrons. The predicted octanol–water partition coefficient (Wildman–Crippen LogP) is 4.18. The summed E-state index contributed by atoms with van der Waals surface area (Å²) in [4.78, 5) is 25.9. The second-order valence-corrected chi connectivity index (χ2v) is 7.67. The number of rotatable bonds is 5. The summed E-state index contributed by atoms with van der Waals surface area (Å²) in [6, 6.07) is 12.1. The first-order valence-corrected chi connectivity index (χ1v) is 10.2. The van der Waals surface area contributed by atoms with Gasteiger partial charge in [0.1, 0.15) is 12.0 Å². The molecule has 1 aliphatic heterocycles. The van der Waals surface area contributed by atoms with E-state index in [0.717, 1.165) is 53.5 Å². The van der Waals surface area contributed by atoms with E-state index in [1.807, 2.05) is 36.7 Å². The molecule has 1 fully saturated rings. The van der Waals surface area contributed by atoms with Crippen LogP contribution in [0.5, 0.6) is 0 Å². The topological polar surface area (TPSA) is 80.9 Å². The molecule has 1 saturated heterocycles. The van der Waals surface area contributed by atoms with Crippen LogP contribution in [0.15, 0.2) is 65.7 Å². The van der Waals surface area contributed by atoms with Gasteiger partial charge >= 0.3 is 0 Å². The standard InChI is InChI=1S/C24H22N4O2/c29-23(22-15-30-24(28-22)16-5-8-25-9-6-16)12-21-11-20-10-17(3-4-19(20)14-27-21)18-2-1-7-26-13-18/h1-4,7,10-11,13-16,25H,5-6,8-9,12H2. The second-order valence-electron chi connectivity index (χ2n) is 7.67. The zero-order chi connectivity index (χ0) is 20.3. The van der Waals surface area contributed by atoms with Gasteiger partial charge in [-0.15, -0.1) is 0 Å². The van der Waals surface area contributed by atoms with Crippen molar-refractivity contribution >= 4 is 16.6 Å². The van der Waals surface area contributed by atoms with Gasteiger partial charge in [-0.1, -0.05) is 18.2 Å². The molecule has 4 aromatic rings. The fraction of sp³-hybridized carbons (Fsp3) is 0.250. The van der Waals surface area contributed by atoms with Crippen LogP contribution >= 0.6 is 0 Å². The van der Waals surface area contributed by atoms with Crippen LogP contribution in [-0.2, 0) is 6.42 Å². The van der Waals surface area contributed by atoms with Gasteiger partial charge in [0.05, 0.1) is 6.42 Å². The summed E-state index contributed by atoms with van der Waals surface area (Å²) in [6.45, 7) is 1.91. The van der Waals surface area contributed by atoms with Crippen LogP contribution < -0.4 is 5.32 Å². The smallest absolute Gasteiger partial charge is 0.197 e. The number of carbonyl (C=O) groups is 1. The number of ketones is 1. The van der Waals surface area contributed by atoms with Crippen molar-refractivity contribution < 1.29 is 9.21 Å². The van der Waals surface area contributed by atoms with Gasteiger partial charge in [-0.25, -0.2) is 4.98 Å². The molecule has 6 nitrogen and oxygen atoms in total. The van der Waals surface area contributed by atoms with E-state index in [1.54, 1.807) is 6.20 Å². The number of oxazole rings is 1. The largest absolute Gasteiger partial charge is 0.448 e. The monoisotopic (exact) mass is 398 g/mol. The van der Waals surface area contributed by atoms with Crippen LogP contribution in [0, 0.1) is 0 Å². The first kappa shape index (κ1) is 18.6. The Kier molecular flexibility index (Phi) is 5.07. The predicted molar refractivity (Wildman–Crippen MR) is 114 cm³/mol. The number of benzene rings is 1. The number of Topliss-reactive ketones (excluding diaryl/α,β-unsaturated/α-hetero) is 1. The highest BCUT2D eigenvalue weighted by molar-refractivity contribution is 5.96. The Morgan fingerprint density at radius 3 is 2.80 bits per heavy atom. The number of carbonyl (C=O) groups excluding carboxylic acids is 1. The summed E-state index contributed by atoms with van der Waals surface area (Å²) in [6.07, 6.45) is 9.08. The summed E-state index contributed by atoms with van der Waals surface area (Å²) < 4.78 is 5.61. The van der Waals surface area contributed by atoms with Crippen LogP contribution in [0.3, 0.4) is 0 Å². The maximum absolute atomic E-state index is 12.8. The number of hydrogen-bond donors (Lipinski definition) is 1. The zero-order valence-corrected chi connectivity index (χ0v) is 16.5. The zero-order valence-electron chi connectivity index (χ0n) is 16.5. The molecule has 4 heterocycles. The lowest BCUT2D eigenvalue weighted by Gasteiger charge is -2.19. The van der Waals surface area contributed by atoms with Crippen LogP contribution in [0.1, 0.15) is 40.8 Å². The van der Waals surface area contributed by atoms with Crippen LogP contribution in [0.4, 0.5) is 0 Å². The number of fused-ring (bicyclic) bond motifs is 1. The van der Waals surface area contributed by atoms with Gasteiger partial charge in [0.25, 0.3) is 0 Å². The average molecular weight is 398 g/mol. The second kappa shape index (κ2) is 8.16. The van der Waals surface area contributed by atoms with E-state index < -0.39 is 0 Å². The van der Waals surface area contributed by atoms with Crippen LogP contribution in [0.25, 0.3) is 21.9 Å². The molecular weight excluding hydrogens is 376 g/mol. The lowest BCUT2D eigenvalue weighted by Crippen LogP contribution is -2.26. The van der Waals surface area contributed by atoms with E-state index in [9.17, 15) is 4.79 Å². The van der Waals surface area contributed by atoms with Gasteiger partial charge in [-0.2, -0.15) is 0 Å². The molecule has 0 spiro atoms. The van der Waals surface area contributed by atoms with Crippen molar-refractivity contribution in [2.75, 3.05) is 13.1 Å². The lowest BCUT2D eigenvalue weighted by atomic mass is 9.98. The minimum atomic E-state index is -0.0748. The van der Waals surface area contributed by atoms with Gasteiger partial charge < -0.3 is 9.73 Å². The highest BCUT2D eigenvalue weighted by atomic mass is 16.3. The minimum absolute atomic E-state index is 0.0748. The van der Waals surface area contributed by atoms with Gasteiger partial charge in [0.15, 0.2) is 11.7 Å². The summed E-state index contributed by atoms with van der Waals surface area (Å²) in [7, 11) is 0. The minimum Gasteiger partial charge on any atom is -0.448 e. The Hall–Kier alpha value is -3.38. The molecule has 3 aromatic heterocycles. The number of nitrogens with one attached hydrogen (secondary N) is 1. The molecule has 5 rings (SSSR count). The maximum atomic E-state index is 12.8. The number of pyridine rings is 2. The average Bonchev–Trinajstić information content (AvgIpc) is 3.30. The van der Waals surface area contributed by atoms with Crippen molar-refractivity contribution in [3.8, 4) is 11.1 Å². The summed E-state index contributed by atoms with van der Waals surface area (Å²) in [5.41, 5.74) is 3.25. The van der Waals surface area contributed by atoms with Crippen molar-refractivity contribution in [1.29, 1.82) is 0 Å². The van der Waals surface area contributed by atoms with Crippen molar-refractivity contribution in [2.24, 2.45) is 0 Å². The molecule has 0 saturated carbocycles. The van der Waals surface area contributed by atoms with Crippen molar-refractivity contribution in [3.63, 3.8) is 0 Å². The molecule has 6 heteroatoms. The van der Waals surface area contributed by atoms with E-state index >= 15 is 0 Å². The lowest BCUT2D eigenvalue weighted by molar-refractivity contribution is 0.0987. The van der Waals surface area contributed by atoms with Gasteiger partial charge in [-0.3, -0.25) is 14.8 Å². The van der Waals surface area contributed by atoms with Crippen LogP contribution in [-0.4, -0.2) is 33.8 Å². The van der Waals surface area contributed by atoms with E-state index in [-0.39, 0.29) is 18.1 Å². The van der Waals surface area contributed by atoms with E-state index in [2.05, 4.69) is 32.4 Å². The molecule has 0 amide bonds. The Bertz CT molecular complexity index is 1180. The summed E-state index contributed by atoms with van der Waals surface area (Å²) in [5.74, 6) is 0.888. The molecule has 0 bridgehead atoms. The van der Waals surface area contributed by atoms with E-state index in [0.29, 0.717) is 11.6 Å². The van der Waals surface area contributed by atoms with Gasteiger partial charge in [0.2, 0.25) is 0 Å². The third kappa shape index (κ3) is 3.86. The molecule has 0 radical (unpaired) electrons. The molecule has 1 N–H and O–H groups in total. The fourth-order valence-corrected chi connectivity index (χ4v) is 3.92.